The van der Waals surface area contributed by atoms with E-state index < -0.39 is 17.7 Å². The van der Waals surface area contributed by atoms with E-state index in [-0.39, 0.29) is 29.8 Å². The summed E-state index contributed by atoms with van der Waals surface area (Å²) in [5.74, 6) is 1.44. The predicted octanol–water partition coefficient (Wildman–Crippen LogP) is 5.90. The average Bonchev–Trinajstić information content (AvgIpc) is 2.97. The largest absolute Gasteiger partial charge is 0.463 e. The predicted molar refractivity (Wildman–Crippen MR) is 188 cm³/mol. The van der Waals surface area contributed by atoms with Gasteiger partial charge in [-0.2, -0.15) is 0 Å². The second-order valence-corrected chi connectivity index (χ2v) is 14.6. The number of aliphatic hydroxyl groups excluding tert-OH is 1. The van der Waals surface area contributed by atoms with Crippen molar-refractivity contribution in [1.29, 1.82) is 0 Å². The van der Waals surface area contributed by atoms with Crippen molar-refractivity contribution in [3.8, 4) is 0 Å². The Bertz CT molecular complexity index is 863. The molecule has 3 fully saturated rings. The average molecular weight is 654 g/mol. The molecule has 3 rings (SSSR count). The number of likely N-dealkylation sites (N-methyl/N-ethyl adjacent to an activating group) is 2. The van der Waals surface area contributed by atoms with Crippen LogP contribution in [0.15, 0.2) is 13.2 Å². The number of hydrogen-bond donors (Lipinski definition) is 1. The lowest BCUT2D eigenvalue weighted by molar-refractivity contribution is -0.169. The maximum atomic E-state index is 13.1. The number of hydrogen-bond acceptors (Lipinski definition) is 8. The van der Waals surface area contributed by atoms with Crippen LogP contribution < -0.4 is 0 Å². The summed E-state index contributed by atoms with van der Waals surface area (Å²) < 4.78 is 10.9. The minimum atomic E-state index is -1.14. The lowest BCUT2D eigenvalue weighted by Crippen LogP contribution is -2.50. The van der Waals surface area contributed by atoms with Crippen LogP contribution in [0.25, 0.3) is 0 Å². The Morgan fingerprint density at radius 2 is 1.48 bits per heavy atom. The first-order valence-corrected chi connectivity index (χ1v) is 17.7. The highest BCUT2D eigenvalue weighted by atomic mass is 16.6. The van der Waals surface area contributed by atoms with Crippen LogP contribution in [0.3, 0.4) is 0 Å². The van der Waals surface area contributed by atoms with Gasteiger partial charge in [-0.25, -0.2) is 0 Å². The first-order valence-electron chi connectivity index (χ1n) is 17.7. The number of carbonyl (C=O) groups excluding carboxylic acids is 3. The standard InChI is InChI=1S/C26H47N3O4.C7H14O2.C2H6.C2H4/c1-18-13-19(2)15-28(8)22(17-33-25(32)26(4,5)24(31)20(3)14-18)21-9-11-29(12-10-21)23(30)16-27(6)7;1-5-3-6(2)9-7(8)4-5;2*1-2/h18-22H,9-17H2,1-8H3;5-8H,3-4H2,1-2H3;1-2H3;1-2H2/t18-,19-,20-,22+;5-,6+,7+;;/m10../s1. The normalized spacial score (nSPS) is 31.6. The molecular formula is C37H71N3O6. The van der Waals surface area contributed by atoms with Crippen LogP contribution >= 0.6 is 0 Å². The first-order chi connectivity index (χ1) is 21.5. The number of ketones is 1. The minimum Gasteiger partial charge on any atom is -0.463 e. The Kier molecular flexibility index (Phi) is 21.1. The molecule has 46 heavy (non-hydrogen) atoms. The van der Waals surface area contributed by atoms with Crippen molar-refractivity contribution in [2.45, 2.75) is 119 Å². The van der Waals surface area contributed by atoms with Crippen molar-refractivity contribution in [3.63, 3.8) is 0 Å². The van der Waals surface area contributed by atoms with Crippen LogP contribution in [0, 0.1) is 35.0 Å². The molecule has 0 spiro atoms. The fourth-order valence-corrected chi connectivity index (χ4v) is 7.17. The number of amides is 1. The van der Waals surface area contributed by atoms with Crippen molar-refractivity contribution in [1.82, 2.24) is 14.7 Å². The van der Waals surface area contributed by atoms with Gasteiger partial charge < -0.3 is 24.4 Å². The molecule has 9 nitrogen and oxygen atoms in total. The van der Waals surface area contributed by atoms with Gasteiger partial charge >= 0.3 is 5.97 Å². The molecule has 3 aliphatic rings. The number of ether oxygens (including phenoxy) is 2. The van der Waals surface area contributed by atoms with Crippen LogP contribution in [0.1, 0.15) is 101 Å². The summed E-state index contributed by atoms with van der Waals surface area (Å²) in [5.41, 5.74) is -1.14. The van der Waals surface area contributed by atoms with E-state index in [1.54, 1.807) is 13.8 Å². The molecule has 1 N–H and O–H groups in total. The van der Waals surface area contributed by atoms with Gasteiger partial charge in [-0.3, -0.25) is 19.3 Å². The fourth-order valence-electron chi connectivity index (χ4n) is 7.17. The van der Waals surface area contributed by atoms with Gasteiger partial charge in [0.15, 0.2) is 12.1 Å². The van der Waals surface area contributed by atoms with Crippen LogP contribution in [0.4, 0.5) is 0 Å². The molecule has 0 unspecified atom stereocenters. The third-order valence-electron chi connectivity index (χ3n) is 9.30. The zero-order valence-corrected chi connectivity index (χ0v) is 31.6. The van der Waals surface area contributed by atoms with Gasteiger partial charge in [-0.05, 0) is 97.7 Å². The van der Waals surface area contributed by atoms with E-state index in [1.807, 2.05) is 51.6 Å². The van der Waals surface area contributed by atoms with Gasteiger partial charge in [0.2, 0.25) is 5.91 Å². The molecule has 9 heteroatoms. The molecule has 0 aliphatic carbocycles. The molecule has 7 atom stereocenters. The zero-order chi connectivity index (χ0) is 35.8. The van der Waals surface area contributed by atoms with E-state index >= 15 is 0 Å². The zero-order valence-electron chi connectivity index (χ0n) is 31.6. The number of likely N-dealkylation sites (tertiary alicyclic amines) is 1. The molecule has 0 aromatic heterocycles. The number of nitrogens with zero attached hydrogens (tertiary/aromatic N) is 3. The van der Waals surface area contributed by atoms with Crippen LogP contribution in [0.5, 0.6) is 0 Å². The van der Waals surface area contributed by atoms with E-state index in [2.05, 4.69) is 45.9 Å². The van der Waals surface area contributed by atoms with Crippen molar-refractivity contribution in [2.75, 3.05) is 53.9 Å². The highest BCUT2D eigenvalue weighted by molar-refractivity contribution is 6.03. The van der Waals surface area contributed by atoms with Crippen molar-refractivity contribution in [3.05, 3.63) is 13.2 Å². The molecule has 3 heterocycles. The summed E-state index contributed by atoms with van der Waals surface area (Å²) in [4.78, 5) is 44.7. The van der Waals surface area contributed by atoms with Gasteiger partial charge in [0.1, 0.15) is 12.0 Å². The SMILES string of the molecule is C=C.CC.C[C@@H]1C[C@@H](C)CN(C)[C@H](C2CCN(C(=O)CN(C)C)CC2)COC(=O)C(C)(C)C(=O)[C@H](C)C1.C[C@H]1C[C@@H](C)O[C@@H](O)C1. The number of esters is 1. The Morgan fingerprint density at radius 3 is 1.98 bits per heavy atom. The van der Waals surface area contributed by atoms with Gasteiger partial charge in [-0.15, -0.1) is 13.2 Å². The van der Waals surface area contributed by atoms with E-state index in [0.717, 1.165) is 58.2 Å². The number of piperidine rings is 1. The molecular weight excluding hydrogens is 582 g/mol. The van der Waals surface area contributed by atoms with Gasteiger partial charge in [0, 0.05) is 38.0 Å². The molecule has 0 aromatic carbocycles. The number of Topliss-reactive ketones (excluding diaryl/α,β-unsaturated/α-hetero) is 1. The highest BCUT2D eigenvalue weighted by Gasteiger charge is 2.42. The summed E-state index contributed by atoms with van der Waals surface area (Å²) in [6, 6.07) is 0.0851. The number of carbonyl (C=O) groups is 3. The maximum Gasteiger partial charge on any atom is 0.319 e. The Balaban J connectivity index is 0.00000131. The number of aliphatic hydroxyl groups is 1. The smallest absolute Gasteiger partial charge is 0.319 e. The first kappa shape index (κ1) is 44.2. The molecule has 1 amide bonds. The summed E-state index contributed by atoms with van der Waals surface area (Å²) in [6.07, 6.45) is 5.26. The molecule has 0 bridgehead atoms. The third kappa shape index (κ3) is 15.0. The van der Waals surface area contributed by atoms with Gasteiger partial charge in [0.25, 0.3) is 0 Å². The Labute approximate surface area is 282 Å². The molecule has 0 aromatic rings. The van der Waals surface area contributed by atoms with Gasteiger partial charge in [0.05, 0.1) is 12.6 Å². The van der Waals surface area contributed by atoms with Crippen LogP contribution in [-0.4, -0.2) is 110 Å². The lowest BCUT2D eigenvalue weighted by Gasteiger charge is -2.40. The fraction of sp³-hybridized carbons (Fsp3) is 0.865. The van der Waals surface area contributed by atoms with E-state index in [4.69, 9.17) is 14.6 Å². The molecule has 0 saturated carbocycles. The Morgan fingerprint density at radius 1 is 0.935 bits per heavy atom. The second-order valence-electron chi connectivity index (χ2n) is 14.6. The topological polar surface area (TPSA) is 99.6 Å². The van der Waals surface area contributed by atoms with Crippen molar-refractivity contribution in [2.24, 2.45) is 35.0 Å². The molecule has 3 saturated heterocycles. The summed E-state index contributed by atoms with van der Waals surface area (Å²) in [7, 11) is 5.95. The summed E-state index contributed by atoms with van der Waals surface area (Å²) >= 11 is 0. The number of rotatable bonds is 3. The monoisotopic (exact) mass is 654 g/mol. The number of cyclic esters (lactones) is 1. The third-order valence-corrected chi connectivity index (χ3v) is 9.30. The highest BCUT2D eigenvalue weighted by Crippen LogP contribution is 2.31. The Hall–Kier alpha value is -1.81. The molecule has 0 radical (unpaired) electrons. The van der Waals surface area contributed by atoms with Crippen molar-refractivity contribution < 1.29 is 29.0 Å². The van der Waals surface area contributed by atoms with E-state index in [9.17, 15) is 14.4 Å². The van der Waals surface area contributed by atoms with Gasteiger partial charge in [-0.1, -0.05) is 41.5 Å². The van der Waals surface area contributed by atoms with Crippen molar-refractivity contribution >= 4 is 17.7 Å². The van der Waals surface area contributed by atoms with Crippen LogP contribution in [0.2, 0.25) is 0 Å². The van der Waals surface area contributed by atoms with E-state index in [1.165, 1.54) is 0 Å². The maximum absolute atomic E-state index is 13.1. The van der Waals surface area contributed by atoms with Crippen LogP contribution in [-0.2, 0) is 23.9 Å². The minimum absolute atomic E-state index is 0.0242. The van der Waals surface area contributed by atoms with E-state index in [0.29, 0.717) is 36.8 Å². The quantitative estimate of drug-likeness (QED) is 0.229. The molecule has 3 aliphatic heterocycles. The summed E-state index contributed by atoms with van der Waals surface area (Å²) in [6.45, 7) is 27.1. The second kappa shape index (κ2) is 21.9. The molecule has 270 valence electrons. The lowest BCUT2D eigenvalue weighted by atomic mass is 9.78. The summed E-state index contributed by atoms with van der Waals surface area (Å²) in [5, 5.41) is 9.03.